The number of aliphatic hydroxyl groups excluding tert-OH is 1. The van der Waals surface area contributed by atoms with Crippen LogP contribution in [0.4, 0.5) is 0 Å². The smallest absolute Gasteiger partial charge is 0.266 e. The van der Waals surface area contributed by atoms with Crippen molar-refractivity contribution in [3.05, 3.63) is 22.8 Å². The molecule has 5 rings (SSSR count). The molecule has 4 N–H and O–H groups in total. The Morgan fingerprint density at radius 3 is 2.90 bits per heavy atom. The van der Waals surface area contributed by atoms with E-state index in [0.717, 1.165) is 43.4 Å². The minimum atomic E-state index is -4.03. The topological polar surface area (TPSA) is 119 Å². The molecule has 2 heterocycles. The van der Waals surface area contributed by atoms with E-state index in [1.165, 1.54) is 0 Å². The van der Waals surface area contributed by atoms with Crippen molar-refractivity contribution in [2.75, 3.05) is 25.9 Å². The zero-order valence-electron chi connectivity index (χ0n) is 16.5. The van der Waals surface area contributed by atoms with Gasteiger partial charge in [-0.3, -0.25) is 4.55 Å². The summed E-state index contributed by atoms with van der Waals surface area (Å²) in [6, 6.07) is 2.26. The van der Waals surface area contributed by atoms with Crippen molar-refractivity contribution in [3.8, 4) is 11.5 Å². The molecular weight excluding hydrogens is 396 g/mol. The van der Waals surface area contributed by atoms with E-state index in [2.05, 4.69) is 17.3 Å². The summed E-state index contributed by atoms with van der Waals surface area (Å²) in [5.74, 6) is 0.616. The Labute approximate surface area is 170 Å². The van der Waals surface area contributed by atoms with Crippen LogP contribution in [0.1, 0.15) is 36.0 Å². The van der Waals surface area contributed by atoms with E-state index in [9.17, 15) is 18.6 Å². The van der Waals surface area contributed by atoms with Crippen LogP contribution in [0.3, 0.4) is 0 Å². The third kappa shape index (κ3) is 2.75. The maximum absolute atomic E-state index is 11.1. The fourth-order valence-electron chi connectivity index (χ4n) is 6.58. The van der Waals surface area contributed by atoms with Gasteiger partial charge in [-0.1, -0.05) is 0 Å². The van der Waals surface area contributed by atoms with Gasteiger partial charge in [0.15, 0.2) is 11.5 Å². The van der Waals surface area contributed by atoms with Crippen molar-refractivity contribution in [2.45, 2.75) is 55.9 Å². The van der Waals surface area contributed by atoms with Crippen molar-refractivity contribution in [1.82, 2.24) is 10.2 Å². The summed E-state index contributed by atoms with van der Waals surface area (Å²) in [6.07, 6.45) is 3.45. The molecule has 2 aliphatic carbocycles. The molecule has 4 aliphatic rings. The second-order valence-corrected chi connectivity index (χ2v) is 10.6. The third-order valence-corrected chi connectivity index (χ3v) is 8.44. The van der Waals surface area contributed by atoms with Crippen LogP contribution in [-0.4, -0.2) is 72.2 Å². The Morgan fingerprint density at radius 2 is 2.17 bits per heavy atom. The van der Waals surface area contributed by atoms with E-state index in [1.54, 1.807) is 0 Å². The molecule has 0 amide bonds. The van der Waals surface area contributed by atoms with Crippen LogP contribution >= 0.6 is 0 Å². The van der Waals surface area contributed by atoms with Gasteiger partial charge in [-0.25, -0.2) is 0 Å². The van der Waals surface area contributed by atoms with Crippen molar-refractivity contribution in [3.63, 3.8) is 0 Å². The van der Waals surface area contributed by atoms with Crippen LogP contribution in [0.15, 0.2) is 6.07 Å². The molecule has 8 nitrogen and oxygen atoms in total. The normalized spacial score (nSPS) is 35.3. The Morgan fingerprint density at radius 1 is 1.38 bits per heavy atom. The quantitative estimate of drug-likeness (QED) is 0.502. The highest BCUT2D eigenvalue weighted by atomic mass is 32.2. The first-order valence-electron chi connectivity index (χ1n) is 10.3. The molecule has 2 aliphatic heterocycles. The molecule has 0 aromatic heterocycles. The number of nitrogens with zero attached hydrogens (tertiary/aromatic N) is 1. The van der Waals surface area contributed by atoms with E-state index in [-0.39, 0.29) is 42.2 Å². The Kier molecular flexibility index (Phi) is 4.42. The standard InChI is InChI=1S/C20H28N2O6S/c1-22-6-4-20-13-2-3-14(21-5-7-29(25,26)27)19(20)28-18-16(20)11(9-15(13)22)8-12(10-23)17(18)24/h8,13-15,19,21,23-24H,2-7,9-10H2,1H3,(H,25,26,27)/t13-,14?,15+,19?,20-/m0/s1. The molecule has 160 valence electrons. The molecule has 2 bridgehead atoms. The van der Waals surface area contributed by atoms with Gasteiger partial charge >= 0.3 is 0 Å². The maximum Gasteiger partial charge on any atom is 0.266 e. The predicted octanol–water partition coefficient (Wildman–Crippen LogP) is 0.400. The summed E-state index contributed by atoms with van der Waals surface area (Å²) >= 11 is 0. The predicted molar refractivity (Wildman–Crippen MR) is 106 cm³/mol. The molecule has 1 saturated carbocycles. The summed E-state index contributed by atoms with van der Waals surface area (Å²) in [5.41, 5.74) is 2.53. The number of hydrogen-bond acceptors (Lipinski definition) is 7. The highest BCUT2D eigenvalue weighted by Gasteiger charge is 2.65. The summed E-state index contributed by atoms with van der Waals surface area (Å²) in [4.78, 5) is 2.42. The first-order valence-corrected chi connectivity index (χ1v) is 11.9. The van der Waals surface area contributed by atoms with E-state index < -0.39 is 10.1 Å². The highest BCUT2D eigenvalue weighted by Crippen LogP contribution is 2.64. The molecule has 1 aromatic carbocycles. The number of ether oxygens (including phenoxy) is 1. The average Bonchev–Trinajstić information content (AvgIpc) is 3.01. The summed E-state index contributed by atoms with van der Waals surface area (Å²) in [5, 5.41) is 23.8. The van der Waals surface area contributed by atoms with Crippen LogP contribution in [0.25, 0.3) is 0 Å². The van der Waals surface area contributed by atoms with Crippen molar-refractivity contribution in [1.29, 1.82) is 0 Å². The SMILES string of the molecule is CN1CC[C@]23c4c5cc(CO)c(O)c4OC2C(NCCS(=O)(=O)O)CC[C@H]3[C@H]1C5. The molecule has 2 fully saturated rings. The van der Waals surface area contributed by atoms with Crippen molar-refractivity contribution in [2.24, 2.45) is 5.92 Å². The molecule has 0 radical (unpaired) electrons. The number of aliphatic hydroxyl groups is 1. The number of likely N-dealkylation sites (N-methyl/N-ethyl adjacent to an activating group) is 1. The van der Waals surface area contributed by atoms with Crippen LogP contribution in [0.5, 0.6) is 11.5 Å². The molecular formula is C20H28N2O6S. The monoisotopic (exact) mass is 424 g/mol. The number of nitrogens with one attached hydrogen (secondary N) is 1. The van der Waals surface area contributed by atoms with Crippen molar-refractivity contribution >= 4 is 10.1 Å². The fourth-order valence-corrected chi connectivity index (χ4v) is 6.95. The first-order chi connectivity index (χ1) is 13.8. The van der Waals surface area contributed by atoms with E-state index in [0.29, 0.717) is 23.3 Å². The van der Waals surface area contributed by atoms with Gasteiger partial charge in [-0.2, -0.15) is 8.42 Å². The lowest BCUT2D eigenvalue weighted by molar-refractivity contribution is -0.0569. The Bertz CT molecular complexity index is 951. The molecule has 9 heteroatoms. The van der Waals surface area contributed by atoms with Gasteiger partial charge in [0.2, 0.25) is 0 Å². The van der Waals surface area contributed by atoms with Crippen LogP contribution in [0.2, 0.25) is 0 Å². The minimum absolute atomic E-state index is 0.0304. The van der Waals surface area contributed by atoms with Gasteiger partial charge in [0, 0.05) is 35.2 Å². The Hall–Kier alpha value is -1.39. The van der Waals surface area contributed by atoms with E-state index in [1.807, 2.05) is 6.07 Å². The van der Waals surface area contributed by atoms with Gasteiger partial charge in [0.05, 0.1) is 12.4 Å². The molecule has 29 heavy (non-hydrogen) atoms. The van der Waals surface area contributed by atoms with Crippen LogP contribution in [0, 0.1) is 5.92 Å². The first kappa shape index (κ1) is 19.6. The summed E-state index contributed by atoms with van der Waals surface area (Å²) < 4.78 is 37.8. The molecule has 2 unspecified atom stereocenters. The van der Waals surface area contributed by atoms with E-state index >= 15 is 0 Å². The maximum atomic E-state index is 11.1. The number of benzene rings is 1. The molecule has 1 aromatic rings. The summed E-state index contributed by atoms with van der Waals surface area (Å²) in [6.45, 7) is 0.859. The lowest BCUT2D eigenvalue weighted by Gasteiger charge is -2.59. The number of phenols is 1. The van der Waals surface area contributed by atoms with Gasteiger partial charge in [0.1, 0.15) is 6.10 Å². The number of hydrogen-bond donors (Lipinski definition) is 4. The molecule has 1 saturated heterocycles. The molecule has 5 atom stereocenters. The number of piperidine rings is 1. The zero-order valence-corrected chi connectivity index (χ0v) is 17.3. The molecule has 1 spiro atoms. The minimum Gasteiger partial charge on any atom is -0.504 e. The lowest BCUT2D eigenvalue weighted by atomic mass is 9.51. The van der Waals surface area contributed by atoms with Crippen LogP contribution < -0.4 is 10.1 Å². The van der Waals surface area contributed by atoms with Crippen molar-refractivity contribution < 1.29 is 27.9 Å². The number of rotatable bonds is 5. The Balaban J connectivity index is 1.57. The van der Waals surface area contributed by atoms with Gasteiger partial charge in [0.25, 0.3) is 10.1 Å². The second-order valence-electron chi connectivity index (χ2n) is 9.02. The number of aromatic hydroxyl groups is 1. The van der Waals surface area contributed by atoms with E-state index in [4.69, 9.17) is 9.29 Å². The average molecular weight is 425 g/mol. The van der Waals surface area contributed by atoms with Crippen LogP contribution in [-0.2, 0) is 28.6 Å². The largest absolute Gasteiger partial charge is 0.504 e. The fraction of sp³-hybridized carbons (Fsp3) is 0.700. The third-order valence-electron chi connectivity index (χ3n) is 7.72. The summed E-state index contributed by atoms with van der Waals surface area (Å²) in [7, 11) is -1.86. The van der Waals surface area contributed by atoms with Gasteiger partial charge < -0.3 is 25.2 Å². The second kappa shape index (κ2) is 6.55. The zero-order chi connectivity index (χ0) is 20.6. The van der Waals surface area contributed by atoms with Gasteiger partial charge in [-0.15, -0.1) is 0 Å². The highest BCUT2D eigenvalue weighted by molar-refractivity contribution is 7.85. The number of likely N-dealkylation sites (tertiary alicyclic amines) is 1. The van der Waals surface area contributed by atoms with Gasteiger partial charge in [-0.05, 0) is 56.8 Å². The lowest BCUT2D eigenvalue weighted by Crippen LogP contribution is -2.68.